The lowest BCUT2D eigenvalue weighted by Gasteiger charge is -2.11. The van der Waals surface area contributed by atoms with E-state index in [1.165, 1.54) is 6.07 Å². The molecule has 24 heavy (non-hydrogen) atoms. The molecule has 3 rings (SSSR count). The number of benzene rings is 2. The summed E-state index contributed by atoms with van der Waals surface area (Å²) in [6.45, 7) is 5.80. The lowest BCUT2D eigenvalue weighted by molar-refractivity contribution is 0.0920. The summed E-state index contributed by atoms with van der Waals surface area (Å²) in [6.07, 6.45) is 0. The summed E-state index contributed by atoms with van der Waals surface area (Å²) in [5.41, 5.74) is 3.76. The molecule has 0 N–H and O–H groups in total. The largest absolute Gasteiger partial charge is 0.485 e. The van der Waals surface area contributed by atoms with Gasteiger partial charge in [-0.15, -0.1) is 0 Å². The van der Waals surface area contributed by atoms with Crippen LogP contribution in [-0.4, -0.2) is 12.4 Å². The van der Waals surface area contributed by atoms with E-state index in [-0.39, 0.29) is 12.4 Å². The standard InChI is InChI=1S/C20H18O4/c1-12-8-13(2)20(14(3)9-12)17(21)11-23-16-6-4-15-5-7-19(22)24-18(15)10-16/h4-10H,11H2,1-3H3. The van der Waals surface area contributed by atoms with Gasteiger partial charge < -0.3 is 9.15 Å². The monoisotopic (exact) mass is 322 g/mol. The first kappa shape index (κ1) is 16.0. The minimum atomic E-state index is -0.415. The van der Waals surface area contributed by atoms with Crippen LogP contribution in [0.3, 0.4) is 0 Å². The fourth-order valence-electron chi connectivity index (χ4n) is 2.97. The fourth-order valence-corrected chi connectivity index (χ4v) is 2.97. The Morgan fingerprint density at radius 3 is 2.38 bits per heavy atom. The van der Waals surface area contributed by atoms with Gasteiger partial charge in [0.05, 0.1) is 0 Å². The van der Waals surface area contributed by atoms with Gasteiger partial charge in [-0.2, -0.15) is 0 Å². The third kappa shape index (κ3) is 3.23. The maximum Gasteiger partial charge on any atom is 0.336 e. The molecule has 0 radical (unpaired) electrons. The average Bonchev–Trinajstić information content (AvgIpc) is 2.51. The molecule has 4 nitrogen and oxygen atoms in total. The van der Waals surface area contributed by atoms with E-state index in [0.717, 1.165) is 22.1 Å². The molecule has 122 valence electrons. The Morgan fingerprint density at radius 2 is 1.67 bits per heavy atom. The van der Waals surface area contributed by atoms with Gasteiger partial charge in [-0.1, -0.05) is 17.7 Å². The number of Topliss-reactive ketones (excluding diaryl/α,β-unsaturated/α-hetero) is 1. The molecule has 0 amide bonds. The van der Waals surface area contributed by atoms with E-state index in [1.807, 2.05) is 32.9 Å². The van der Waals surface area contributed by atoms with Crippen molar-refractivity contribution in [3.8, 4) is 5.75 Å². The number of aryl methyl sites for hydroxylation is 3. The molecular weight excluding hydrogens is 304 g/mol. The van der Waals surface area contributed by atoms with Crippen molar-refractivity contribution in [2.75, 3.05) is 6.61 Å². The molecule has 2 aromatic carbocycles. The molecule has 0 aliphatic carbocycles. The highest BCUT2D eigenvalue weighted by molar-refractivity contribution is 6.00. The number of hydrogen-bond acceptors (Lipinski definition) is 4. The SMILES string of the molecule is Cc1cc(C)c(C(=O)COc2ccc3ccc(=O)oc3c2)c(C)c1. The van der Waals surface area contributed by atoms with Gasteiger partial charge in [-0.25, -0.2) is 4.79 Å². The molecular formula is C20H18O4. The molecule has 4 heteroatoms. The second-order valence-corrected chi connectivity index (χ2v) is 5.94. The summed E-state index contributed by atoms with van der Waals surface area (Å²) in [5.74, 6) is 0.423. The number of ketones is 1. The van der Waals surface area contributed by atoms with Gasteiger partial charge in [-0.3, -0.25) is 4.79 Å². The van der Waals surface area contributed by atoms with Crippen LogP contribution in [0, 0.1) is 20.8 Å². The number of hydrogen-bond donors (Lipinski definition) is 0. The molecule has 0 fully saturated rings. The Bertz CT molecular complexity index is 959. The van der Waals surface area contributed by atoms with Crippen molar-refractivity contribution in [3.05, 3.63) is 75.1 Å². The van der Waals surface area contributed by atoms with E-state index in [9.17, 15) is 9.59 Å². The van der Waals surface area contributed by atoms with Crippen molar-refractivity contribution >= 4 is 16.8 Å². The smallest absolute Gasteiger partial charge is 0.336 e. The third-order valence-corrected chi connectivity index (χ3v) is 3.92. The first-order chi connectivity index (χ1) is 11.4. The second-order valence-electron chi connectivity index (χ2n) is 5.94. The Balaban J connectivity index is 1.81. The summed E-state index contributed by atoms with van der Waals surface area (Å²) in [4.78, 5) is 23.8. The van der Waals surface area contributed by atoms with Crippen molar-refractivity contribution in [2.24, 2.45) is 0 Å². The first-order valence-electron chi connectivity index (χ1n) is 7.72. The summed E-state index contributed by atoms with van der Waals surface area (Å²) in [6, 6.07) is 12.2. The zero-order chi connectivity index (χ0) is 17.3. The van der Waals surface area contributed by atoms with Gasteiger partial charge in [-0.05, 0) is 50.1 Å². The lowest BCUT2D eigenvalue weighted by Crippen LogP contribution is -2.14. The summed E-state index contributed by atoms with van der Waals surface area (Å²) >= 11 is 0. The number of fused-ring (bicyclic) bond motifs is 1. The zero-order valence-electron chi connectivity index (χ0n) is 13.9. The van der Waals surface area contributed by atoms with Crippen LogP contribution in [-0.2, 0) is 0 Å². The number of carbonyl (C=O) groups excluding carboxylic acids is 1. The van der Waals surface area contributed by atoms with Crippen LogP contribution in [0.15, 0.2) is 51.7 Å². The average molecular weight is 322 g/mol. The Morgan fingerprint density at radius 1 is 1.00 bits per heavy atom. The van der Waals surface area contributed by atoms with Gasteiger partial charge >= 0.3 is 5.63 Å². The Kier molecular flexibility index (Phi) is 4.21. The van der Waals surface area contributed by atoms with Crippen LogP contribution >= 0.6 is 0 Å². The van der Waals surface area contributed by atoms with E-state index < -0.39 is 5.63 Å². The van der Waals surface area contributed by atoms with Crippen molar-refractivity contribution in [1.29, 1.82) is 0 Å². The highest BCUT2D eigenvalue weighted by Gasteiger charge is 2.14. The van der Waals surface area contributed by atoms with Gasteiger partial charge in [0.15, 0.2) is 6.61 Å². The molecule has 0 saturated carbocycles. The molecule has 1 aromatic heterocycles. The highest BCUT2D eigenvalue weighted by Crippen LogP contribution is 2.21. The molecule has 0 unspecified atom stereocenters. The van der Waals surface area contributed by atoms with Crippen LogP contribution in [0.1, 0.15) is 27.0 Å². The quantitative estimate of drug-likeness (QED) is 0.538. The predicted octanol–water partition coefficient (Wildman–Crippen LogP) is 3.98. The number of ether oxygens (including phenoxy) is 1. The van der Waals surface area contributed by atoms with Crippen LogP contribution in [0.2, 0.25) is 0 Å². The van der Waals surface area contributed by atoms with Crippen LogP contribution in [0.25, 0.3) is 11.0 Å². The van der Waals surface area contributed by atoms with Crippen LogP contribution in [0.5, 0.6) is 5.75 Å². The summed E-state index contributed by atoms with van der Waals surface area (Å²) in [7, 11) is 0. The van der Waals surface area contributed by atoms with E-state index in [0.29, 0.717) is 16.9 Å². The minimum Gasteiger partial charge on any atom is -0.485 e. The molecule has 0 aliphatic heterocycles. The molecule has 3 aromatic rings. The van der Waals surface area contributed by atoms with Gasteiger partial charge in [0.25, 0.3) is 0 Å². The van der Waals surface area contributed by atoms with Crippen molar-refractivity contribution in [2.45, 2.75) is 20.8 Å². The van der Waals surface area contributed by atoms with Crippen molar-refractivity contribution in [1.82, 2.24) is 0 Å². The van der Waals surface area contributed by atoms with E-state index in [1.54, 1.807) is 24.3 Å². The third-order valence-electron chi connectivity index (χ3n) is 3.92. The van der Waals surface area contributed by atoms with Crippen LogP contribution in [0.4, 0.5) is 0 Å². The normalized spacial score (nSPS) is 10.8. The maximum atomic E-state index is 12.5. The minimum absolute atomic E-state index is 0.0622. The maximum absolute atomic E-state index is 12.5. The summed E-state index contributed by atoms with van der Waals surface area (Å²) < 4.78 is 10.7. The lowest BCUT2D eigenvalue weighted by atomic mass is 9.97. The molecule has 1 heterocycles. The van der Waals surface area contributed by atoms with Crippen molar-refractivity contribution in [3.63, 3.8) is 0 Å². The van der Waals surface area contributed by atoms with E-state index in [4.69, 9.17) is 9.15 Å². The van der Waals surface area contributed by atoms with Crippen molar-refractivity contribution < 1.29 is 13.9 Å². The fraction of sp³-hybridized carbons (Fsp3) is 0.200. The molecule has 0 bridgehead atoms. The van der Waals surface area contributed by atoms with Gasteiger partial charge in [0, 0.05) is 23.1 Å². The molecule has 0 atom stereocenters. The van der Waals surface area contributed by atoms with Gasteiger partial charge in [0.1, 0.15) is 11.3 Å². The highest BCUT2D eigenvalue weighted by atomic mass is 16.5. The predicted molar refractivity (Wildman–Crippen MR) is 93.0 cm³/mol. The van der Waals surface area contributed by atoms with E-state index >= 15 is 0 Å². The Hall–Kier alpha value is -2.88. The van der Waals surface area contributed by atoms with E-state index in [2.05, 4.69) is 0 Å². The number of carbonyl (C=O) groups is 1. The van der Waals surface area contributed by atoms with Crippen LogP contribution < -0.4 is 10.4 Å². The topological polar surface area (TPSA) is 56.5 Å². The Labute approximate surface area is 139 Å². The molecule has 0 spiro atoms. The molecule has 0 saturated heterocycles. The summed E-state index contributed by atoms with van der Waals surface area (Å²) in [5, 5.41) is 0.804. The second kappa shape index (κ2) is 6.32. The first-order valence-corrected chi connectivity index (χ1v) is 7.72. The van der Waals surface area contributed by atoms with Gasteiger partial charge in [0.2, 0.25) is 5.78 Å². The zero-order valence-corrected chi connectivity index (χ0v) is 13.9. The number of rotatable bonds is 4. The molecule has 0 aliphatic rings.